The summed E-state index contributed by atoms with van der Waals surface area (Å²) in [6, 6.07) is 1.81. The summed E-state index contributed by atoms with van der Waals surface area (Å²) >= 11 is 1.23. The second-order valence-electron chi connectivity index (χ2n) is 4.70. The van der Waals surface area contributed by atoms with Crippen LogP contribution in [0.25, 0.3) is 11.4 Å². The van der Waals surface area contributed by atoms with Crippen LogP contribution in [0.1, 0.15) is 20.8 Å². The second-order valence-corrected chi connectivity index (χ2v) is 5.56. The molecule has 0 aromatic carbocycles. The molecule has 3 aromatic rings. The van der Waals surface area contributed by atoms with Crippen LogP contribution in [0.5, 0.6) is 0 Å². The number of carboxylic acids is 1. The molecule has 9 nitrogen and oxygen atoms in total. The molecule has 2 N–H and O–H groups in total. The van der Waals surface area contributed by atoms with Gasteiger partial charge in [0.25, 0.3) is 5.91 Å². The van der Waals surface area contributed by atoms with Gasteiger partial charge in [-0.15, -0.1) is 11.3 Å². The molecule has 0 spiro atoms. The summed E-state index contributed by atoms with van der Waals surface area (Å²) < 4.78 is 2.95. The maximum atomic E-state index is 12.2. The van der Waals surface area contributed by atoms with Crippen LogP contribution in [0.3, 0.4) is 0 Å². The highest BCUT2D eigenvalue weighted by molar-refractivity contribution is 7.14. The molecule has 3 heterocycles. The standard InChI is InChI=1S/C13H12N6O3S/c1-18-5-7(12(21)22)10(17-18)11(20)16-13-15-8(6-23-13)9-3-4-14-19(9)2/h3-6H,1-2H3,(H,21,22)(H,15,16,20). The normalized spacial score (nSPS) is 10.7. The van der Waals surface area contributed by atoms with E-state index in [1.807, 2.05) is 6.07 Å². The summed E-state index contributed by atoms with van der Waals surface area (Å²) in [5.74, 6) is -1.83. The van der Waals surface area contributed by atoms with E-state index in [-0.39, 0.29) is 11.3 Å². The van der Waals surface area contributed by atoms with Gasteiger partial charge in [0.2, 0.25) is 0 Å². The van der Waals surface area contributed by atoms with Crippen molar-refractivity contribution in [2.75, 3.05) is 5.32 Å². The van der Waals surface area contributed by atoms with Crippen LogP contribution in [0.4, 0.5) is 5.13 Å². The van der Waals surface area contributed by atoms with E-state index >= 15 is 0 Å². The average molecular weight is 332 g/mol. The number of amides is 1. The monoisotopic (exact) mass is 332 g/mol. The number of carbonyl (C=O) groups is 2. The molecule has 0 unspecified atom stereocenters. The first-order valence-electron chi connectivity index (χ1n) is 6.48. The fourth-order valence-corrected chi connectivity index (χ4v) is 2.74. The molecule has 118 valence electrons. The maximum absolute atomic E-state index is 12.2. The Labute approximate surface area is 134 Å². The lowest BCUT2D eigenvalue weighted by Crippen LogP contribution is -2.16. The topological polar surface area (TPSA) is 115 Å². The maximum Gasteiger partial charge on any atom is 0.339 e. The van der Waals surface area contributed by atoms with Crippen LogP contribution in [-0.2, 0) is 14.1 Å². The second kappa shape index (κ2) is 5.65. The molecule has 0 aliphatic heterocycles. The van der Waals surface area contributed by atoms with Gasteiger partial charge in [-0.1, -0.05) is 0 Å². The molecule has 0 fully saturated rings. The minimum Gasteiger partial charge on any atom is -0.478 e. The largest absolute Gasteiger partial charge is 0.478 e. The minimum atomic E-state index is -1.21. The Kier molecular flexibility index (Phi) is 3.66. The fraction of sp³-hybridized carbons (Fsp3) is 0.154. The van der Waals surface area contributed by atoms with Gasteiger partial charge < -0.3 is 5.11 Å². The number of hydrogen-bond donors (Lipinski definition) is 2. The Morgan fingerprint density at radius 2 is 2.13 bits per heavy atom. The summed E-state index contributed by atoms with van der Waals surface area (Å²) in [7, 11) is 3.34. The van der Waals surface area contributed by atoms with Crippen molar-refractivity contribution in [2.24, 2.45) is 14.1 Å². The van der Waals surface area contributed by atoms with Gasteiger partial charge >= 0.3 is 5.97 Å². The predicted octanol–water partition coefficient (Wildman–Crippen LogP) is 1.23. The number of hydrogen-bond acceptors (Lipinski definition) is 6. The molecule has 10 heteroatoms. The Bertz CT molecular complexity index is 893. The summed E-state index contributed by atoms with van der Waals surface area (Å²) in [5.41, 5.74) is 1.17. The lowest BCUT2D eigenvalue weighted by atomic mass is 10.2. The quantitative estimate of drug-likeness (QED) is 0.742. The van der Waals surface area contributed by atoms with Crippen LogP contribution in [0, 0.1) is 0 Å². The predicted molar refractivity (Wildman–Crippen MR) is 82.4 cm³/mol. The first-order valence-corrected chi connectivity index (χ1v) is 7.36. The number of carboxylic acid groups (broad SMARTS) is 1. The third-order valence-electron chi connectivity index (χ3n) is 3.08. The number of rotatable bonds is 4. The van der Waals surface area contributed by atoms with E-state index in [0.717, 1.165) is 5.69 Å². The van der Waals surface area contributed by atoms with Crippen molar-refractivity contribution in [2.45, 2.75) is 0 Å². The van der Waals surface area contributed by atoms with Gasteiger partial charge in [0, 0.05) is 31.9 Å². The van der Waals surface area contributed by atoms with Crippen LogP contribution in [0.15, 0.2) is 23.8 Å². The smallest absolute Gasteiger partial charge is 0.339 e. The van der Waals surface area contributed by atoms with Gasteiger partial charge in [-0.3, -0.25) is 19.5 Å². The Hall–Kier alpha value is -3.01. The Morgan fingerprint density at radius 1 is 1.35 bits per heavy atom. The SMILES string of the molecule is Cn1cc(C(=O)O)c(C(=O)Nc2nc(-c3ccnn3C)cs2)n1. The molecule has 0 aliphatic carbocycles. The van der Waals surface area contributed by atoms with Crippen molar-refractivity contribution in [1.82, 2.24) is 24.5 Å². The molecule has 3 aromatic heterocycles. The molecular formula is C13H12N6O3S. The number of nitrogens with zero attached hydrogens (tertiary/aromatic N) is 5. The Morgan fingerprint density at radius 3 is 2.78 bits per heavy atom. The molecular weight excluding hydrogens is 320 g/mol. The molecule has 23 heavy (non-hydrogen) atoms. The van der Waals surface area contributed by atoms with E-state index in [2.05, 4.69) is 20.5 Å². The number of carbonyl (C=O) groups excluding carboxylic acids is 1. The van der Waals surface area contributed by atoms with E-state index in [1.54, 1.807) is 30.4 Å². The van der Waals surface area contributed by atoms with Crippen LogP contribution in [-0.4, -0.2) is 41.5 Å². The highest BCUT2D eigenvalue weighted by atomic mass is 32.1. The average Bonchev–Trinajstić information content (AvgIpc) is 3.18. The van der Waals surface area contributed by atoms with Crippen molar-refractivity contribution in [3.63, 3.8) is 0 Å². The zero-order chi connectivity index (χ0) is 16.6. The molecule has 3 rings (SSSR count). The van der Waals surface area contributed by atoms with Crippen LogP contribution < -0.4 is 5.32 Å². The van der Waals surface area contributed by atoms with Crippen LogP contribution in [0.2, 0.25) is 0 Å². The summed E-state index contributed by atoms with van der Waals surface area (Å²) in [6.07, 6.45) is 2.93. The summed E-state index contributed by atoms with van der Waals surface area (Å²) in [5, 5.41) is 21.7. The highest BCUT2D eigenvalue weighted by Crippen LogP contribution is 2.24. The van der Waals surface area contributed by atoms with E-state index in [4.69, 9.17) is 5.11 Å². The van der Waals surface area contributed by atoms with Gasteiger partial charge in [-0.25, -0.2) is 9.78 Å². The minimum absolute atomic E-state index is 0.155. The number of aromatic carboxylic acids is 1. The van der Waals surface area contributed by atoms with Crippen molar-refractivity contribution in [1.29, 1.82) is 0 Å². The van der Waals surface area contributed by atoms with Gasteiger partial charge in [-0.05, 0) is 6.07 Å². The highest BCUT2D eigenvalue weighted by Gasteiger charge is 2.22. The number of anilines is 1. The first-order chi connectivity index (χ1) is 11.0. The molecule has 0 bridgehead atoms. The fourth-order valence-electron chi connectivity index (χ4n) is 2.04. The van der Waals surface area contributed by atoms with Gasteiger partial charge in [-0.2, -0.15) is 10.2 Å². The van der Waals surface area contributed by atoms with Gasteiger partial charge in [0.15, 0.2) is 10.8 Å². The Balaban J connectivity index is 1.83. The third kappa shape index (κ3) is 2.83. The summed E-state index contributed by atoms with van der Waals surface area (Å²) in [6.45, 7) is 0. The third-order valence-corrected chi connectivity index (χ3v) is 3.84. The van der Waals surface area contributed by atoms with Gasteiger partial charge in [0.05, 0.1) is 5.69 Å². The molecule has 0 atom stereocenters. The zero-order valence-electron chi connectivity index (χ0n) is 12.2. The lowest BCUT2D eigenvalue weighted by Gasteiger charge is -2.00. The number of thiazole rings is 1. The van der Waals surface area contributed by atoms with Crippen molar-refractivity contribution in [3.05, 3.63) is 35.1 Å². The number of nitrogens with one attached hydrogen (secondary N) is 1. The molecule has 0 radical (unpaired) electrons. The lowest BCUT2D eigenvalue weighted by molar-refractivity contribution is 0.0692. The number of aryl methyl sites for hydroxylation is 2. The van der Waals surface area contributed by atoms with E-state index < -0.39 is 11.9 Å². The molecule has 0 aliphatic rings. The van der Waals surface area contributed by atoms with E-state index in [0.29, 0.717) is 10.8 Å². The van der Waals surface area contributed by atoms with Crippen molar-refractivity contribution >= 4 is 28.3 Å². The number of aromatic nitrogens is 5. The molecule has 1 amide bonds. The molecule has 0 saturated carbocycles. The van der Waals surface area contributed by atoms with Crippen molar-refractivity contribution in [3.8, 4) is 11.4 Å². The molecule has 0 saturated heterocycles. The van der Waals surface area contributed by atoms with Crippen molar-refractivity contribution < 1.29 is 14.7 Å². The zero-order valence-corrected chi connectivity index (χ0v) is 13.0. The summed E-state index contributed by atoms with van der Waals surface area (Å²) in [4.78, 5) is 27.7. The van der Waals surface area contributed by atoms with Crippen LogP contribution >= 0.6 is 11.3 Å². The first kappa shape index (κ1) is 14.9. The van der Waals surface area contributed by atoms with E-state index in [9.17, 15) is 9.59 Å². The van der Waals surface area contributed by atoms with E-state index in [1.165, 1.54) is 22.2 Å². The van der Waals surface area contributed by atoms with Gasteiger partial charge in [0.1, 0.15) is 11.3 Å².